The van der Waals surface area contributed by atoms with Crippen molar-refractivity contribution in [3.8, 4) is 0 Å². The van der Waals surface area contributed by atoms with Crippen LogP contribution in [0.4, 0.5) is 0 Å². The molecule has 0 saturated carbocycles. The van der Waals surface area contributed by atoms with E-state index in [-0.39, 0.29) is 11.8 Å². The minimum Gasteiger partial charge on any atom is -0.465 e. The van der Waals surface area contributed by atoms with Crippen LogP contribution in [0.5, 0.6) is 0 Å². The van der Waals surface area contributed by atoms with Gasteiger partial charge in [-0.15, -0.1) is 11.8 Å². The Morgan fingerprint density at radius 2 is 2.12 bits per heavy atom. The van der Waals surface area contributed by atoms with Crippen molar-refractivity contribution >= 4 is 23.5 Å². The Bertz CT molecular complexity index is 839. The maximum atomic E-state index is 12.4. The summed E-state index contributed by atoms with van der Waals surface area (Å²) < 4.78 is 6.59. The van der Waals surface area contributed by atoms with Crippen LogP contribution in [-0.2, 0) is 11.3 Å². The van der Waals surface area contributed by atoms with Gasteiger partial charge in [0.2, 0.25) is 0 Å². The Kier molecular flexibility index (Phi) is 5.38. The third kappa shape index (κ3) is 4.02. The summed E-state index contributed by atoms with van der Waals surface area (Å²) >= 11 is 1.63. The van der Waals surface area contributed by atoms with Gasteiger partial charge in [0, 0.05) is 12.0 Å². The number of hydrogen-bond donors (Lipinski definition) is 0. The summed E-state index contributed by atoms with van der Waals surface area (Å²) in [5, 5.41) is 5.28. The molecule has 6 heteroatoms. The van der Waals surface area contributed by atoms with E-state index in [2.05, 4.69) is 12.0 Å². The highest BCUT2D eigenvalue weighted by atomic mass is 32.2. The number of ketones is 1. The van der Waals surface area contributed by atoms with Crippen LogP contribution in [0, 0.1) is 6.42 Å². The summed E-state index contributed by atoms with van der Waals surface area (Å²) in [4.78, 5) is 24.1. The molecule has 1 aliphatic rings. The molecule has 0 atom stereocenters. The molecule has 0 fully saturated rings. The molecule has 1 aromatic carbocycles. The number of carbonyl (C=O) groups excluding carboxylic acids is 2. The molecule has 2 aromatic rings. The van der Waals surface area contributed by atoms with E-state index in [1.54, 1.807) is 30.1 Å². The Morgan fingerprint density at radius 3 is 2.80 bits per heavy atom. The number of thioether (sulfide) groups is 1. The van der Waals surface area contributed by atoms with Crippen molar-refractivity contribution in [3.05, 3.63) is 65.2 Å². The van der Waals surface area contributed by atoms with Crippen LogP contribution < -0.4 is 0 Å². The minimum atomic E-state index is -0.366. The van der Waals surface area contributed by atoms with Gasteiger partial charge in [0.05, 0.1) is 31.0 Å². The molecular formula is C19H19N2O3S. The molecular weight excluding hydrogens is 336 g/mol. The lowest BCUT2D eigenvalue weighted by molar-refractivity contribution is 0.0600. The van der Waals surface area contributed by atoms with Crippen molar-refractivity contribution < 1.29 is 14.3 Å². The van der Waals surface area contributed by atoms with Crippen LogP contribution in [0.2, 0.25) is 0 Å². The molecule has 1 heterocycles. The fraction of sp³-hybridized carbons (Fsp3) is 0.263. The Morgan fingerprint density at radius 1 is 1.32 bits per heavy atom. The molecule has 0 aliphatic heterocycles. The number of hydrogen-bond acceptors (Lipinski definition) is 5. The van der Waals surface area contributed by atoms with Crippen molar-refractivity contribution in [3.63, 3.8) is 0 Å². The summed E-state index contributed by atoms with van der Waals surface area (Å²) in [6.45, 7) is 2.60. The average molecular weight is 355 g/mol. The summed E-state index contributed by atoms with van der Waals surface area (Å²) in [6.07, 6.45) is 6.27. The van der Waals surface area contributed by atoms with E-state index in [1.807, 2.05) is 29.3 Å². The lowest BCUT2D eigenvalue weighted by Gasteiger charge is -2.09. The highest BCUT2D eigenvalue weighted by Gasteiger charge is 2.25. The maximum absolute atomic E-state index is 12.4. The Hall–Kier alpha value is -2.34. The number of benzene rings is 1. The van der Waals surface area contributed by atoms with E-state index in [4.69, 9.17) is 4.74 Å². The summed E-state index contributed by atoms with van der Waals surface area (Å²) in [5.74, 6) is 0.569. The molecule has 0 amide bonds. The number of ether oxygens (including phenoxy) is 1. The third-order valence-corrected chi connectivity index (χ3v) is 5.07. The van der Waals surface area contributed by atoms with Crippen molar-refractivity contribution in [2.45, 2.75) is 24.9 Å². The van der Waals surface area contributed by atoms with E-state index in [0.29, 0.717) is 17.7 Å². The van der Waals surface area contributed by atoms with Crippen molar-refractivity contribution in [2.75, 3.05) is 12.9 Å². The van der Waals surface area contributed by atoms with Crippen LogP contribution in [0.3, 0.4) is 0 Å². The van der Waals surface area contributed by atoms with Crippen LogP contribution in [0.25, 0.3) is 0 Å². The second-order valence-corrected chi connectivity index (χ2v) is 6.76. The van der Waals surface area contributed by atoms with E-state index in [1.165, 1.54) is 7.11 Å². The van der Waals surface area contributed by atoms with Gasteiger partial charge in [-0.1, -0.05) is 25.1 Å². The van der Waals surface area contributed by atoms with Crippen LogP contribution >= 0.6 is 11.8 Å². The largest absolute Gasteiger partial charge is 0.465 e. The van der Waals surface area contributed by atoms with E-state index in [9.17, 15) is 9.59 Å². The molecule has 0 unspecified atom stereocenters. The highest BCUT2D eigenvalue weighted by molar-refractivity contribution is 7.99. The Labute approximate surface area is 151 Å². The van der Waals surface area contributed by atoms with Crippen molar-refractivity contribution in [2.24, 2.45) is 0 Å². The number of allylic oxidation sites excluding steroid dienone is 2. The molecule has 0 N–H and O–H groups in total. The van der Waals surface area contributed by atoms with Gasteiger partial charge in [0.15, 0.2) is 5.78 Å². The van der Waals surface area contributed by atoms with Gasteiger partial charge in [-0.05, 0) is 29.9 Å². The van der Waals surface area contributed by atoms with Gasteiger partial charge >= 0.3 is 5.97 Å². The number of carbonyl (C=O) groups is 2. The summed E-state index contributed by atoms with van der Waals surface area (Å²) in [7, 11) is 1.36. The molecule has 129 valence electrons. The lowest BCUT2D eigenvalue weighted by Crippen LogP contribution is -2.07. The van der Waals surface area contributed by atoms with E-state index < -0.39 is 0 Å². The molecule has 25 heavy (non-hydrogen) atoms. The molecule has 0 bridgehead atoms. The first-order valence-electron chi connectivity index (χ1n) is 8.09. The van der Waals surface area contributed by atoms with Crippen molar-refractivity contribution in [1.82, 2.24) is 9.78 Å². The topological polar surface area (TPSA) is 61.2 Å². The van der Waals surface area contributed by atoms with Gasteiger partial charge in [0.1, 0.15) is 5.03 Å². The second-order valence-electron chi connectivity index (χ2n) is 5.68. The zero-order valence-electron chi connectivity index (χ0n) is 14.2. The lowest BCUT2D eigenvalue weighted by atomic mass is 10.1. The predicted molar refractivity (Wildman–Crippen MR) is 96.8 cm³/mol. The SMILES string of the molecule is CCCSc1c(C(=O)C2=C[CH]2)cnn1Cc1cccc(C(=O)OC)c1. The minimum absolute atomic E-state index is 0.0214. The number of esters is 1. The number of nitrogens with zero attached hydrogens (tertiary/aromatic N) is 2. The predicted octanol–water partition coefficient (Wildman–Crippen LogP) is 3.55. The molecule has 1 aromatic heterocycles. The summed E-state index contributed by atoms with van der Waals surface area (Å²) in [5.41, 5.74) is 2.82. The van der Waals surface area contributed by atoms with Crippen LogP contribution in [0.1, 0.15) is 39.6 Å². The maximum Gasteiger partial charge on any atom is 0.337 e. The summed E-state index contributed by atoms with van der Waals surface area (Å²) in [6, 6.07) is 7.26. The monoisotopic (exact) mass is 355 g/mol. The van der Waals surface area contributed by atoms with Gasteiger partial charge in [0.25, 0.3) is 0 Å². The molecule has 0 saturated heterocycles. The van der Waals surface area contributed by atoms with Gasteiger partial charge < -0.3 is 4.74 Å². The number of Topliss-reactive ketones (excluding diaryl/α,β-unsaturated/α-hetero) is 1. The first-order valence-corrected chi connectivity index (χ1v) is 9.08. The first-order chi connectivity index (χ1) is 12.1. The molecule has 3 rings (SSSR count). The van der Waals surface area contributed by atoms with Gasteiger partial charge in [-0.25, -0.2) is 4.79 Å². The van der Waals surface area contributed by atoms with E-state index >= 15 is 0 Å². The first kappa shape index (κ1) is 17.5. The number of methoxy groups -OCH3 is 1. The number of aromatic nitrogens is 2. The quantitative estimate of drug-likeness (QED) is 0.412. The fourth-order valence-corrected chi connectivity index (χ4v) is 3.39. The highest BCUT2D eigenvalue weighted by Crippen LogP contribution is 2.30. The standard InChI is InChI=1S/C19H19N2O3S/c1-3-9-25-18-16(17(22)14-7-8-14)11-20-21(18)12-13-5-4-6-15(10-13)19(23)24-2/h4-8,10-11H,3,9,12H2,1-2H3. The smallest absolute Gasteiger partial charge is 0.337 e. The van der Waals surface area contributed by atoms with Gasteiger partial charge in [-0.3, -0.25) is 9.48 Å². The second kappa shape index (κ2) is 7.70. The number of rotatable bonds is 8. The van der Waals surface area contributed by atoms with Gasteiger partial charge in [-0.2, -0.15) is 5.10 Å². The third-order valence-electron chi connectivity index (χ3n) is 3.75. The fourth-order valence-electron chi connectivity index (χ4n) is 2.43. The molecule has 0 spiro atoms. The molecule has 5 nitrogen and oxygen atoms in total. The van der Waals surface area contributed by atoms with Crippen LogP contribution in [0.15, 0.2) is 47.1 Å². The van der Waals surface area contributed by atoms with Crippen LogP contribution in [-0.4, -0.2) is 34.4 Å². The molecule has 1 aliphatic carbocycles. The molecule has 1 radical (unpaired) electrons. The van der Waals surface area contributed by atoms with Crippen molar-refractivity contribution in [1.29, 1.82) is 0 Å². The average Bonchev–Trinajstić information content (AvgIpc) is 3.41. The Balaban J connectivity index is 1.87. The normalized spacial score (nSPS) is 12.6. The van der Waals surface area contributed by atoms with E-state index in [0.717, 1.165) is 28.3 Å². The zero-order chi connectivity index (χ0) is 17.8. The zero-order valence-corrected chi connectivity index (χ0v) is 15.0.